The van der Waals surface area contributed by atoms with Crippen LogP contribution < -0.4 is 4.72 Å². The number of carbonyl (C=O) groups is 1. The molecule has 0 aliphatic heterocycles. The third-order valence-corrected chi connectivity index (χ3v) is 4.90. The van der Waals surface area contributed by atoms with Gasteiger partial charge in [0.15, 0.2) is 0 Å². The Balaban J connectivity index is 3.06. The lowest BCUT2D eigenvalue weighted by Crippen LogP contribution is -2.48. The minimum atomic E-state index is -3.88. The molecule has 2 N–H and O–H groups in total. The minimum absolute atomic E-state index is 0.0604. The summed E-state index contributed by atoms with van der Waals surface area (Å²) in [6.45, 7) is 6.70. The van der Waals surface area contributed by atoms with E-state index in [0.29, 0.717) is 0 Å². The zero-order valence-electron chi connectivity index (χ0n) is 13.2. The normalized spacial score (nSPS) is 15.9. The van der Waals surface area contributed by atoms with E-state index in [2.05, 4.69) is 4.72 Å². The van der Waals surface area contributed by atoms with E-state index in [0.717, 1.165) is 5.56 Å². The van der Waals surface area contributed by atoms with E-state index in [1.807, 2.05) is 6.92 Å². The smallest absolute Gasteiger partial charge is 0.324 e. The molecule has 7 heteroatoms. The number of nitrogens with one attached hydrogen (secondary N) is 1. The Bertz CT molecular complexity index is 595. The summed E-state index contributed by atoms with van der Waals surface area (Å²) in [5, 5.41) is 9.67. The Morgan fingerprint density at radius 3 is 2.27 bits per heavy atom. The number of aliphatic hydroxyl groups excluding tert-OH is 1. The molecule has 3 atom stereocenters. The lowest BCUT2D eigenvalue weighted by Gasteiger charge is -2.25. The number of ether oxygens (including phenoxy) is 1. The largest absolute Gasteiger partial charge is 0.465 e. The highest BCUT2D eigenvalue weighted by molar-refractivity contribution is 7.89. The van der Waals surface area contributed by atoms with Crippen LogP contribution in [0.1, 0.15) is 26.3 Å². The molecule has 0 radical (unpaired) electrons. The van der Waals surface area contributed by atoms with Crippen LogP contribution in [0, 0.1) is 12.8 Å². The predicted octanol–water partition coefficient (Wildman–Crippen LogP) is 1.22. The molecule has 0 aliphatic rings. The molecule has 6 nitrogen and oxygen atoms in total. The number of rotatable bonds is 7. The highest BCUT2D eigenvalue weighted by atomic mass is 32.2. The first-order chi connectivity index (χ1) is 10.2. The first-order valence-electron chi connectivity index (χ1n) is 7.12. The fourth-order valence-electron chi connectivity index (χ4n) is 1.83. The fraction of sp³-hybridized carbons (Fsp3) is 0.533. The fourth-order valence-corrected chi connectivity index (χ4v) is 3.11. The van der Waals surface area contributed by atoms with Gasteiger partial charge in [0.25, 0.3) is 0 Å². The van der Waals surface area contributed by atoms with Crippen LogP contribution in [0.15, 0.2) is 29.2 Å². The molecule has 0 heterocycles. The van der Waals surface area contributed by atoms with Crippen LogP contribution in [-0.4, -0.2) is 38.2 Å². The Morgan fingerprint density at radius 2 is 1.82 bits per heavy atom. The molecular weight excluding hydrogens is 306 g/mol. The number of carbonyl (C=O) groups excluding carboxylic acids is 1. The van der Waals surface area contributed by atoms with Crippen molar-refractivity contribution in [2.45, 2.75) is 44.7 Å². The van der Waals surface area contributed by atoms with Crippen molar-refractivity contribution >= 4 is 16.0 Å². The molecule has 0 aromatic heterocycles. The summed E-state index contributed by atoms with van der Waals surface area (Å²) < 4.78 is 32.0. The maximum Gasteiger partial charge on any atom is 0.324 e. The van der Waals surface area contributed by atoms with Gasteiger partial charge < -0.3 is 9.84 Å². The van der Waals surface area contributed by atoms with Gasteiger partial charge in [0, 0.05) is 5.92 Å². The highest BCUT2D eigenvalue weighted by Gasteiger charge is 2.33. The summed E-state index contributed by atoms with van der Waals surface area (Å²) >= 11 is 0. The molecule has 124 valence electrons. The third kappa shape index (κ3) is 4.79. The molecule has 0 fully saturated rings. The summed E-state index contributed by atoms with van der Waals surface area (Å²) in [6, 6.07) is 5.13. The molecule has 0 amide bonds. The van der Waals surface area contributed by atoms with Crippen molar-refractivity contribution in [2.75, 3.05) is 6.61 Å². The van der Waals surface area contributed by atoms with Crippen molar-refractivity contribution in [3.05, 3.63) is 29.8 Å². The quantitative estimate of drug-likeness (QED) is 0.734. The molecule has 0 bridgehead atoms. The van der Waals surface area contributed by atoms with Crippen molar-refractivity contribution in [1.82, 2.24) is 4.72 Å². The van der Waals surface area contributed by atoms with E-state index in [9.17, 15) is 18.3 Å². The van der Waals surface area contributed by atoms with Crippen LogP contribution in [-0.2, 0) is 19.6 Å². The molecule has 1 aromatic carbocycles. The summed E-state index contributed by atoms with van der Waals surface area (Å²) in [4.78, 5) is 12.1. The molecule has 0 unspecified atom stereocenters. The SMILES string of the molecule is CCOC(=O)[C@@H](NS(=O)(=O)c1ccc(C)cc1)[C@@H](C)[C@H](C)O. The van der Waals surface area contributed by atoms with Gasteiger partial charge in [-0.2, -0.15) is 4.72 Å². The summed E-state index contributed by atoms with van der Waals surface area (Å²) in [6.07, 6.45) is -0.866. The van der Waals surface area contributed by atoms with Crippen molar-refractivity contribution in [2.24, 2.45) is 5.92 Å². The van der Waals surface area contributed by atoms with Crippen molar-refractivity contribution in [3.8, 4) is 0 Å². The van der Waals surface area contributed by atoms with Gasteiger partial charge in [-0.3, -0.25) is 4.79 Å². The van der Waals surface area contributed by atoms with Gasteiger partial charge in [-0.15, -0.1) is 0 Å². The Hall–Kier alpha value is -1.44. The monoisotopic (exact) mass is 329 g/mol. The number of hydrogen-bond donors (Lipinski definition) is 2. The van der Waals surface area contributed by atoms with Gasteiger partial charge in [0.2, 0.25) is 10.0 Å². The molecule has 1 aromatic rings. The van der Waals surface area contributed by atoms with Gasteiger partial charge >= 0.3 is 5.97 Å². The van der Waals surface area contributed by atoms with Crippen LogP contribution in [0.25, 0.3) is 0 Å². The number of aryl methyl sites for hydroxylation is 1. The second-order valence-corrected chi connectivity index (χ2v) is 6.98. The molecule has 0 spiro atoms. The van der Waals surface area contributed by atoms with Gasteiger partial charge in [0.05, 0.1) is 17.6 Å². The highest BCUT2D eigenvalue weighted by Crippen LogP contribution is 2.16. The van der Waals surface area contributed by atoms with E-state index in [-0.39, 0.29) is 11.5 Å². The second-order valence-electron chi connectivity index (χ2n) is 5.26. The molecule has 0 saturated heterocycles. The lowest BCUT2D eigenvalue weighted by atomic mass is 9.98. The first kappa shape index (κ1) is 18.6. The third-order valence-electron chi connectivity index (χ3n) is 3.44. The van der Waals surface area contributed by atoms with Crippen LogP contribution in [0.3, 0.4) is 0 Å². The lowest BCUT2D eigenvalue weighted by molar-refractivity contribution is -0.147. The summed E-state index contributed by atoms with van der Waals surface area (Å²) in [5.41, 5.74) is 0.929. The van der Waals surface area contributed by atoms with Crippen LogP contribution in [0.2, 0.25) is 0 Å². The van der Waals surface area contributed by atoms with Crippen molar-refractivity contribution < 1.29 is 23.1 Å². The molecule has 0 aliphatic carbocycles. The Labute approximate surface area is 131 Å². The van der Waals surface area contributed by atoms with Crippen LogP contribution >= 0.6 is 0 Å². The molecular formula is C15H23NO5S. The van der Waals surface area contributed by atoms with Gasteiger partial charge in [-0.1, -0.05) is 24.6 Å². The topological polar surface area (TPSA) is 92.7 Å². The predicted molar refractivity (Wildman–Crippen MR) is 82.8 cm³/mol. The number of aliphatic hydroxyl groups is 1. The maximum atomic E-state index is 12.4. The molecule has 1 rings (SSSR count). The van der Waals surface area contributed by atoms with Crippen molar-refractivity contribution in [3.63, 3.8) is 0 Å². The minimum Gasteiger partial charge on any atom is -0.465 e. The molecule has 22 heavy (non-hydrogen) atoms. The molecule has 0 saturated carbocycles. The van der Waals surface area contributed by atoms with Gasteiger partial charge in [0.1, 0.15) is 6.04 Å². The van der Waals surface area contributed by atoms with Crippen LogP contribution in [0.4, 0.5) is 0 Å². The van der Waals surface area contributed by atoms with E-state index in [4.69, 9.17) is 4.74 Å². The number of sulfonamides is 1. The maximum absolute atomic E-state index is 12.4. The summed E-state index contributed by atoms with van der Waals surface area (Å²) in [5.74, 6) is -1.33. The number of hydrogen-bond acceptors (Lipinski definition) is 5. The zero-order valence-corrected chi connectivity index (χ0v) is 14.1. The average Bonchev–Trinajstić information content (AvgIpc) is 2.44. The van der Waals surface area contributed by atoms with Crippen LogP contribution in [0.5, 0.6) is 0 Å². The second kappa shape index (κ2) is 7.71. The van der Waals surface area contributed by atoms with Crippen molar-refractivity contribution in [1.29, 1.82) is 0 Å². The van der Waals surface area contributed by atoms with E-state index >= 15 is 0 Å². The van der Waals surface area contributed by atoms with E-state index in [1.54, 1.807) is 26.0 Å². The van der Waals surface area contributed by atoms with E-state index in [1.165, 1.54) is 19.1 Å². The first-order valence-corrected chi connectivity index (χ1v) is 8.61. The number of esters is 1. The van der Waals surface area contributed by atoms with Gasteiger partial charge in [-0.25, -0.2) is 8.42 Å². The summed E-state index contributed by atoms with van der Waals surface area (Å²) in [7, 11) is -3.88. The zero-order chi connectivity index (χ0) is 16.9. The number of benzene rings is 1. The standard InChI is InChI=1S/C15H23NO5S/c1-5-21-15(18)14(11(3)12(4)17)16-22(19,20)13-8-6-10(2)7-9-13/h6-9,11-12,14,16-17H,5H2,1-4H3/t11-,12-,14-/m0/s1. The van der Waals surface area contributed by atoms with Gasteiger partial charge in [-0.05, 0) is 32.9 Å². The Kier molecular flexibility index (Phi) is 6.52. The van der Waals surface area contributed by atoms with E-state index < -0.39 is 34.1 Å². The average molecular weight is 329 g/mol. The Morgan fingerprint density at radius 1 is 1.27 bits per heavy atom.